The van der Waals surface area contributed by atoms with Crippen LogP contribution in [-0.4, -0.2) is 5.91 Å². The van der Waals surface area contributed by atoms with Gasteiger partial charge in [-0.05, 0) is 50.3 Å². The molecule has 0 aromatic carbocycles. The highest BCUT2D eigenvalue weighted by atomic mass is 16.3. The summed E-state index contributed by atoms with van der Waals surface area (Å²) in [7, 11) is 0. The normalized spacial score (nSPS) is 13.4. The van der Waals surface area contributed by atoms with Crippen LogP contribution in [0.4, 0.5) is 0 Å². The van der Waals surface area contributed by atoms with Gasteiger partial charge in [0, 0.05) is 11.6 Å². The van der Waals surface area contributed by atoms with Gasteiger partial charge in [0.1, 0.15) is 11.5 Å². The van der Waals surface area contributed by atoms with Gasteiger partial charge >= 0.3 is 0 Å². The average Bonchev–Trinajstić information content (AvgIpc) is 2.74. The molecular formula is C20H27NO2. The fourth-order valence-corrected chi connectivity index (χ4v) is 2.28. The molecule has 2 N–H and O–H groups in total. The smallest absolute Gasteiger partial charge is 0.241 e. The Bertz CT molecular complexity index is 670. The molecule has 0 saturated heterocycles. The van der Waals surface area contributed by atoms with Crippen molar-refractivity contribution < 1.29 is 9.21 Å². The van der Waals surface area contributed by atoms with Crippen LogP contribution in [0.25, 0.3) is 6.08 Å². The fourth-order valence-electron chi connectivity index (χ4n) is 2.28. The lowest BCUT2D eigenvalue weighted by atomic mass is 10.1. The van der Waals surface area contributed by atoms with Crippen LogP contribution in [0.5, 0.6) is 0 Å². The van der Waals surface area contributed by atoms with Crippen LogP contribution in [0.3, 0.4) is 0 Å². The first-order valence-electron chi connectivity index (χ1n) is 8.00. The van der Waals surface area contributed by atoms with E-state index in [-0.39, 0.29) is 0 Å². The lowest BCUT2D eigenvalue weighted by molar-refractivity contribution is -0.113. The quantitative estimate of drug-likeness (QED) is 0.573. The van der Waals surface area contributed by atoms with E-state index in [0.717, 1.165) is 35.5 Å². The number of allylic oxidation sites excluding steroid dienone is 6. The largest absolute Gasteiger partial charge is 0.466 e. The van der Waals surface area contributed by atoms with E-state index in [2.05, 4.69) is 32.1 Å². The molecule has 0 aliphatic heterocycles. The van der Waals surface area contributed by atoms with Crippen LogP contribution in [0.2, 0.25) is 0 Å². The zero-order valence-electron chi connectivity index (χ0n) is 14.8. The van der Waals surface area contributed by atoms with E-state index < -0.39 is 5.91 Å². The van der Waals surface area contributed by atoms with Gasteiger partial charge in [-0.3, -0.25) is 4.79 Å². The summed E-state index contributed by atoms with van der Waals surface area (Å²) in [4.78, 5) is 10.9. The minimum absolute atomic E-state index is 0.410. The minimum atomic E-state index is -0.410. The highest BCUT2D eigenvalue weighted by Crippen LogP contribution is 2.22. The van der Waals surface area contributed by atoms with Crippen LogP contribution < -0.4 is 5.73 Å². The van der Waals surface area contributed by atoms with Gasteiger partial charge in [0.05, 0.1) is 0 Å². The first-order chi connectivity index (χ1) is 10.9. The van der Waals surface area contributed by atoms with E-state index >= 15 is 0 Å². The molecule has 1 heterocycles. The number of carbonyl (C=O) groups is 1. The summed E-state index contributed by atoms with van der Waals surface area (Å²) in [6, 6.07) is 0. The zero-order valence-corrected chi connectivity index (χ0v) is 14.8. The Morgan fingerprint density at radius 3 is 2.17 bits per heavy atom. The van der Waals surface area contributed by atoms with Crippen molar-refractivity contribution in [2.45, 2.75) is 47.5 Å². The molecule has 124 valence electrons. The Morgan fingerprint density at radius 2 is 1.70 bits per heavy atom. The molecule has 1 aromatic rings. The second-order valence-corrected chi connectivity index (χ2v) is 5.52. The van der Waals surface area contributed by atoms with E-state index in [1.54, 1.807) is 0 Å². The third kappa shape index (κ3) is 5.78. The second kappa shape index (κ2) is 8.99. The molecule has 1 rings (SSSR count). The molecule has 0 aliphatic rings. The molecule has 0 spiro atoms. The van der Waals surface area contributed by atoms with Crippen LogP contribution in [0.1, 0.15) is 49.3 Å². The molecule has 1 aromatic heterocycles. The Balaban J connectivity index is 2.92. The molecule has 0 atom stereocenters. The number of rotatable bonds is 7. The number of nitrogens with two attached hydrogens (primary N) is 1. The van der Waals surface area contributed by atoms with Crippen molar-refractivity contribution in [2.75, 3.05) is 0 Å². The molecule has 23 heavy (non-hydrogen) atoms. The van der Waals surface area contributed by atoms with Crippen molar-refractivity contribution in [3.63, 3.8) is 0 Å². The number of furan rings is 1. The minimum Gasteiger partial charge on any atom is -0.466 e. The summed E-state index contributed by atoms with van der Waals surface area (Å²) in [5.74, 6) is 1.50. The highest BCUT2D eigenvalue weighted by molar-refractivity contribution is 5.87. The first-order valence-corrected chi connectivity index (χ1v) is 8.00. The molecule has 3 nitrogen and oxygen atoms in total. The number of aryl methyl sites for hydroxylation is 2. The maximum absolute atomic E-state index is 10.9. The molecule has 0 unspecified atom stereocenters. The van der Waals surface area contributed by atoms with E-state index in [9.17, 15) is 4.79 Å². The van der Waals surface area contributed by atoms with Crippen LogP contribution in [-0.2, 0) is 4.79 Å². The van der Waals surface area contributed by atoms with Crippen molar-refractivity contribution in [1.29, 1.82) is 0 Å². The number of hydrogen-bond donors (Lipinski definition) is 1. The average molecular weight is 313 g/mol. The molecule has 0 aliphatic carbocycles. The van der Waals surface area contributed by atoms with Gasteiger partial charge in [-0.2, -0.15) is 0 Å². The predicted octanol–water partition coefficient (Wildman–Crippen LogP) is 4.93. The fraction of sp³-hybridized carbons (Fsp3) is 0.350. The topological polar surface area (TPSA) is 56.2 Å². The van der Waals surface area contributed by atoms with Gasteiger partial charge in [0.2, 0.25) is 5.91 Å². The Kier molecular flexibility index (Phi) is 7.33. The number of amides is 1. The third-order valence-electron chi connectivity index (χ3n) is 3.85. The maximum Gasteiger partial charge on any atom is 0.241 e. The molecule has 0 radical (unpaired) electrons. The SMILES string of the molecule is CCC(C=Cc1c(C)oc(C)c1C)=CC=CC(=CC(N)=O)CC. The molecule has 1 amide bonds. The van der Waals surface area contributed by atoms with Crippen LogP contribution in [0.15, 0.2) is 45.9 Å². The summed E-state index contributed by atoms with van der Waals surface area (Å²) >= 11 is 0. The Morgan fingerprint density at radius 1 is 1.04 bits per heavy atom. The van der Waals surface area contributed by atoms with Gasteiger partial charge in [0.25, 0.3) is 0 Å². The van der Waals surface area contributed by atoms with Crippen molar-refractivity contribution >= 4 is 12.0 Å². The summed E-state index contributed by atoms with van der Waals surface area (Å²) in [6.45, 7) is 10.1. The summed E-state index contributed by atoms with van der Waals surface area (Å²) in [6.07, 6.45) is 13.3. The van der Waals surface area contributed by atoms with Crippen molar-refractivity contribution in [3.05, 3.63) is 64.2 Å². The lowest BCUT2D eigenvalue weighted by Crippen LogP contribution is -2.06. The second-order valence-electron chi connectivity index (χ2n) is 5.52. The Labute approximate surface area is 139 Å². The molecule has 0 bridgehead atoms. The van der Waals surface area contributed by atoms with E-state index in [1.807, 2.05) is 32.9 Å². The van der Waals surface area contributed by atoms with Crippen molar-refractivity contribution in [3.8, 4) is 0 Å². The monoisotopic (exact) mass is 313 g/mol. The van der Waals surface area contributed by atoms with E-state index in [4.69, 9.17) is 10.2 Å². The van der Waals surface area contributed by atoms with Crippen LogP contribution >= 0.6 is 0 Å². The third-order valence-corrected chi connectivity index (χ3v) is 3.85. The number of hydrogen-bond acceptors (Lipinski definition) is 2. The number of primary amides is 1. The van der Waals surface area contributed by atoms with Gasteiger partial charge in [-0.1, -0.05) is 44.2 Å². The van der Waals surface area contributed by atoms with Gasteiger partial charge < -0.3 is 10.2 Å². The van der Waals surface area contributed by atoms with Gasteiger partial charge in [-0.25, -0.2) is 0 Å². The number of carbonyl (C=O) groups excluding carboxylic acids is 1. The van der Waals surface area contributed by atoms with E-state index in [1.165, 1.54) is 17.2 Å². The van der Waals surface area contributed by atoms with Crippen molar-refractivity contribution in [1.82, 2.24) is 0 Å². The molecular weight excluding hydrogens is 286 g/mol. The van der Waals surface area contributed by atoms with Crippen LogP contribution in [0, 0.1) is 20.8 Å². The van der Waals surface area contributed by atoms with Gasteiger partial charge in [-0.15, -0.1) is 0 Å². The Hall–Kier alpha value is -2.29. The molecule has 3 heteroatoms. The zero-order chi connectivity index (χ0) is 17.4. The highest BCUT2D eigenvalue weighted by Gasteiger charge is 2.07. The first kappa shape index (κ1) is 18.8. The molecule has 0 saturated carbocycles. The standard InChI is InChI=1S/C20H27NO2/c1-6-17(9-8-10-18(7-2)13-20(21)22)11-12-19-14(3)15(4)23-16(19)5/h8-13H,6-7H2,1-5H3,(H2,21,22). The molecule has 0 fully saturated rings. The van der Waals surface area contributed by atoms with E-state index in [0.29, 0.717) is 0 Å². The maximum atomic E-state index is 10.9. The summed E-state index contributed by atoms with van der Waals surface area (Å²) in [5.41, 5.74) is 9.64. The lowest BCUT2D eigenvalue weighted by Gasteiger charge is -1.97. The summed E-state index contributed by atoms with van der Waals surface area (Å²) < 4.78 is 5.64. The predicted molar refractivity (Wildman–Crippen MR) is 97.0 cm³/mol. The van der Waals surface area contributed by atoms with Gasteiger partial charge in [0.15, 0.2) is 0 Å². The van der Waals surface area contributed by atoms with Crippen molar-refractivity contribution in [2.24, 2.45) is 5.73 Å². The summed E-state index contributed by atoms with van der Waals surface area (Å²) in [5, 5.41) is 0.